The Kier molecular flexibility index (Phi) is 9.46. The van der Waals surface area contributed by atoms with E-state index in [1.54, 1.807) is 56.3 Å². The molecule has 0 aliphatic rings. The molecular weight excluding hydrogens is 545 g/mol. The number of carbonyl (C=O) groups excluding carboxylic acids is 2. The van der Waals surface area contributed by atoms with Crippen molar-refractivity contribution in [3.63, 3.8) is 0 Å². The van der Waals surface area contributed by atoms with Gasteiger partial charge < -0.3 is 10.2 Å². The maximum atomic E-state index is 13.9. The number of rotatable bonds is 9. The number of halogens is 2. The summed E-state index contributed by atoms with van der Waals surface area (Å²) >= 11 is 12.7. The van der Waals surface area contributed by atoms with E-state index in [4.69, 9.17) is 23.2 Å². The predicted molar refractivity (Wildman–Crippen MR) is 152 cm³/mol. The summed E-state index contributed by atoms with van der Waals surface area (Å²) < 4.78 is 28.9. The van der Waals surface area contributed by atoms with E-state index in [2.05, 4.69) is 5.32 Å². The zero-order chi connectivity index (χ0) is 28.2. The summed E-state index contributed by atoms with van der Waals surface area (Å²) in [6, 6.07) is 15.8. The van der Waals surface area contributed by atoms with Gasteiger partial charge in [-0.3, -0.25) is 13.9 Å². The van der Waals surface area contributed by atoms with Crippen LogP contribution in [0.1, 0.15) is 29.2 Å². The standard InChI is InChI=1S/C28H31Cl2N3O4S/c1-18-9-12-22(13-10-18)38(36,37)33(26-14-11-19(2)15-20(26)3)17-27(34)32(21(4)28(35)31-5)16-23-24(29)7-6-8-25(23)30/h6-15,21H,16-17H2,1-5H3,(H,31,35). The van der Waals surface area contributed by atoms with E-state index in [1.807, 2.05) is 19.9 Å². The Labute approximate surface area is 234 Å². The lowest BCUT2D eigenvalue weighted by atomic mass is 10.1. The molecule has 1 unspecified atom stereocenters. The molecule has 0 saturated carbocycles. The average Bonchev–Trinajstić information content (AvgIpc) is 2.86. The Hall–Kier alpha value is -3.07. The van der Waals surface area contributed by atoms with Gasteiger partial charge in [0.1, 0.15) is 12.6 Å². The summed E-state index contributed by atoms with van der Waals surface area (Å²) in [6.07, 6.45) is 0. The monoisotopic (exact) mass is 575 g/mol. The van der Waals surface area contributed by atoms with Crippen LogP contribution in [0.5, 0.6) is 0 Å². The fourth-order valence-corrected chi connectivity index (χ4v) is 6.08. The van der Waals surface area contributed by atoms with Crippen LogP contribution >= 0.6 is 23.2 Å². The van der Waals surface area contributed by atoms with Gasteiger partial charge in [-0.2, -0.15) is 0 Å². The van der Waals surface area contributed by atoms with Crippen LogP contribution in [-0.2, 0) is 26.2 Å². The number of amides is 2. The van der Waals surface area contributed by atoms with Crippen molar-refractivity contribution in [2.45, 2.75) is 45.2 Å². The topological polar surface area (TPSA) is 86.8 Å². The number of hydrogen-bond acceptors (Lipinski definition) is 4. The van der Waals surface area contributed by atoms with E-state index < -0.39 is 34.4 Å². The Morgan fingerprint density at radius 3 is 2.05 bits per heavy atom. The number of sulfonamides is 1. The quantitative estimate of drug-likeness (QED) is 0.376. The van der Waals surface area contributed by atoms with Crippen molar-refractivity contribution in [2.75, 3.05) is 17.9 Å². The molecular formula is C28H31Cl2N3O4S. The molecule has 0 aromatic heterocycles. The van der Waals surface area contributed by atoms with Crippen LogP contribution in [0, 0.1) is 20.8 Å². The smallest absolute Gasteiger partial charge is 0.264 e. The molecule has 1 N–H and O–H groups in total. The molecule has 0 heterocycles. The molecule has 3 rings (SSSR count). The van der Waals surface area contributed by atoms with Crippen LogP contribution in [0.3, 0.4) is 0 Å². The summed E-state index contributed by atoms with van der Waals surface area (Å²) in [5, 5.41) is 3.21. The molecule has 3 aromatic carbocycles. The number of carbonyl (C=O) groups is 2. The average molecular weight is 577 g/mol. The third kappa shape index (κ3) is 6.49. The van der Waals surface area contributed by atoms with Crippen LogP contribution in [0.25, 0.3) is 0 Å². The summed E-state index contributed by atoms with van der Waals surface area (Å²) in [5.74, 6) is -1.01. The molecule has 1 atom stereocenters. The SMILES string of the molecule is CNC(=O)C(C)N(Cc1c(Cl)cccc1Cl)C(=O)CN(c1ccc(C)cc1C)S(=O)(=O)c1ccc(C)cc1. The number of nitrogens with zero attached hydrogens (tertiary/aromatic N) is 2. The van der Waals surface area contributed by atoms with E-state index in [1.165, 1.54) is 24.1 Å². The molecule has 0 aliphatic carbocycles. The Morgan fingerprint density at radius 1 is 0.921 bits per heavy atom. The fourth-order valence-electron chi connectivity index (χ4n) is 4.08. The number of likely N-dealkylation sites (N-methyl/N-ethyl adjacent to an activating group) is 1. The summed E-state index contributed by atoms with van der Waals surface area (Å²) in [6.45, 7) is 6.50. The number of hydrogen-bond donors (Lipinski definition) is 1. The van der Waals surface area contributed by atoms with Gasteiger partial charge in [0.05, 0.1) is 10.6 Å². The van der Waals surface area contributed by atoms with E-state index in [0.29, 0.717) is 26.9 Å². The highest BCUT2D eigenvalue weighted by molar-refractivity contribution is 7.92. The van der Waals surface area contributed by atoms with E-state index in [9.17, 15) is 18.0 Å². The van der Waals surface area contributed by atoms with Crippen molar-refractivity contribution < 1.29 is 18.0 Å². The lowest BCUT2D eigenvalue weighted by molar-refractivity contribution is -0.139. The van der Waals surface area contributed by atoms with Gasteiger partial charge in [-0.15, -0.1) is 0 Å². The zero-order valence-corrected chi connectivity index (χ0v) is 24.3. The largest absolute Gasteiger partial charge is 0.357 e. The third-order valence-electron chi connectivity index (χ3n) is 6.31. The van der Waals surface area contributed by atoms with Crippen molar-refractivity contribution in [1.82, 2.24) is 10.2 Å². The molecule has 38 heavy (non-hydrogen) atoms. The van der Waals surface area contributed by atoms with Crippen LogP contribution in [0.15, 0.2) is 65.6 Å². The Bertz CT molecular complexity index is 1420. The first-order chi connectivity index (χ1) is 17.9. The second-order valence-electron chi connectivity index (χ2n) is 9.13. The van der Waals surface area contributed by atoms with Crippen LogP contribution in [0.4, 0.5) is 5.69 Å². The molecule has 0 spiro atoms. The van der Waals surface area contributed by atoms with Gasteiger partial charge in [-0.25, -0.2) is 8.42 Å². The van der Waals surface area contributed by atoms with Gasteiger partial charge in [-0.05, 0) is 63.6 Å². The molecule has 2 amide bonds. The van der Waals surface area contributed by atoms with E-state index >= 15 is 0 Å². The third-order valence-corrected chi connectivity index (χ3v) is 8.79. The van der Waals surface area contributed by atoms with Crippen molar-refractivity contribution in [3.05, 3.63) is 93.0 Å². The molecule has 202 valence electrons. The van der Waals surface area contributed by atoms with Crippen LogP contribution in [-0.4, -0.2) is 44.8 Å². The number of benzene rings is 3. The molecule has 0 aliphatic heterocycles. The number of aryl methyl sites for hydroxylation is 3. The molecule has 0 bridgehead atoms. The highest BCUT2D eigenvalue weighted by Crippen LogP contribution is 2.30. The highest BCUT2D eigenvalue weighted by Gasteiger charge is 2.33. The van der Waals surface area contributed by atoms with E-state index in [-0.39, 0.29) is 11.4 Å². The lowest BCUT2D eigenvalue weighted by Crippen LogP contribution is -2.50. The molecule has 0 radical (unpaired) electrons. The molecule has 0 saturated heterocycles. The van der Waals surface area contributed by atoms with Gasteiger partial charge in [-0.1, -0.05) is 64.7 Å². The fraction of sp³-hybridized carbons (Fsp3) is 0.286. The van der Waals surface area contributed by atoms with Crippen molar-refractivity contribution >= 4 is 50.7 Å². The maximum absolute atomic E-state index is 13.9. The van der Waals surface area contributed by atoms with Crippen molar-refractivity contribution in [1.29, 1.82) is 0 Å². The normalized spacial score (nSPS) is 12.1. The molecule has 0 fully saturated rings. The summed E-state index contributed by atoms with van der Waals surface area (Å²) in [4.78, 5) is 27.8. The molecule has 10 heteroatoms. The van der Waals surface area contributed by atoms with Gasteiger partial charge in [0, 0.05) is 29.2 Å². The van der Waals surface area contributed by atoms with Gasteiger partial charge in [0.2, 0.25) is 11.8 Å². The first-order valence-electron chi connectivity index (χ1n) is 12.0. The van der Waals surface area contributed by atoms with Crippen molar-refractivity contribution in [3.8, 4) is 0 Å². The highest BCUT2D eigenvalue weighted by atomic mass is 35.5. The minimum Gasteiger partial charge on any atom is -0.357 e. The van der Waals surface area contributed by atoms with E-state index in [0.717, 1.165) is 15.4 Å². The summed E-state index contributed by atoms with van der Waals surface area (Å²) in [5.41, 5.74) is 3.37. The minimum absolute atomic E-state index is 0.0518. The Balaban J connectivity index is 2.10. The van der Waals surface area contributed by atoms with Crippen LogP contribution in [0.2, 0.25) is 10.0 Å². The predicted octanol–water partition coefficient (Wildman–Crippen LogP) is 5.28. The second kappa shape index (κ2) is 12.2. The van der Waals surface area contributed by atoms with Crippen molar-refractivity contribution in [2.24, 2.45) is 0 Å². The Morgan fingerprint density at radius 2 is 1.50 bits per heavy atom. The lowest BCUT2D eigenvalue weighted by Gasteiger charge is -2.32. The van der Waals surface area contributed by atoms with Crippen LogP contribution < -0.4 is 9.62 Å². The molecule has 3 aromatic rings. The van der Waals surface area contributed by atoms with Gasteiger partial charge >= 0.3 is 0 Å². The van der Waals surface area contributed by atoms with Gasteiger partial charge in [0.15, 0.2) is 0 Å². The minimum atomic E-state index is -4.14. The first-order valence-corrected chi connectivity index (χ1v) is 14.2. The van der Waals surface area contributed by atoms with Gasteiger partial charge in [0.25, 0.3) is 10.0 Å². The first kappa shape index (κ1) is 29.5. The summed E-state index contributed by atoms with van der Waals surface area (Å²) in [7, 11) is -2.68. The zero-order valence-electron chi connectivity index (χ0n) is 22.0. The number of nitrogens with one attached hydrogen (secondary N) is 1. The maximum Gasteiger partial charge on any atom is 0.264 e. The number of anilines is 1. The second-order valence-corrected chi connectivity index (χ2v) is 11.8. The molecule has 7 nitrogen and oxygen atoms in total.